The first-order valence-corrected chi connectivity index (χ1v) is 7.41. The van der Waals surface area contributed by atoms with Gasteiger partial charge in [0.2, 0.25) is 5.91 Å². The molecule has 1 heterocycles. The van der Waals surface area contributed by atoms with Gasteiger partial charge in [-0.3, -0.25) is 9.89 Å². The van der Waals surface area contributed by atoms with Crippen LogP contribution in [-0.2, 0) is 30.6 Å². The summed E-state index contributed by atoms with van der Waals surface area (Å²) in [5.74, 6) is -4.40. The molecule has 0 atom stereocenters. The van der Waals surface area contributed by atoms with Crippen molar-refractivity contribution in [3.05, 3.63) is 52.1 Å². The second-order valence-electron chi connectivity index (χ2n) is 5.12. The third kappa shape index (κ3) is 3.72. The molecule has 0 aliphatic rings. The Morgan fingerprint density at radius 2 is 1.91 bits per heavy atom. The predicted octanol–water partition coefficient (Wildman–Crippen LogP) is 2.81. The lowest BCUT2D eigenvalue weighted by molar-refractivity contribution is -0.120. The lowest BCUT2D eigenvalue weighted by Gasteiger charge is -2.08. The zero-order chi connectivity index (χ0) is 17.0. The standard InChI is InChI=1S/C16H18F3N3O/c1-3-12-10(13(4-2)22-21-12)7-14(23)20-8-9-5-6-11(17)16(19)15(9)18/h5-6H,3-4,7-8H2,1-2H3,(H,20,23)(H,21,22). The highest BCUT2D eigenvalue weighted by Crippen LogP contribution is 2.16. The molecule has 1 aromatic carbocycles. The Hall–Kier alpha value is -2.31. The van der Waals surface area contributed by atoms with E-state index in [-0.39, 0.29) is 24.4 Å². The number of carbonyl (C=O) groups excluding carboxylic acids is 1. The quantitative estimate of drug-likeness (QED) is 0.803. The number of aromatic nitrogens is 2. The summed E-state index contributed by atoms with van der Waals surface area (Å²) in [5.41, 5.74) is 2.43. The number of aromatic amines is 1. The number of hydrogen-bond acceptors (Lipinski definition) is 2. The number of nitrogens with zero attached hydrogens (tertiary/aromatic N) is 1. The summed E-state index contributed by atoms with van der Waals surface area (Å²) in [5, 5.41) is 9.57. The van der Waals surface area contributed by atoms with Crippen molar-refractivity contribution in [2.75, 3.05) is 0 Å². The van der Waals surface area contributed by atoms with Gasteiger partial charge in [0.25, 0.3) is 0 Å². The van der Waals surface area contributed by atoms with Crippen LogP contribution in [0, 0.1) is 17.5 Å². The number of nitrogens with one attached hydrogen (secondary N) is 2. The van der Waals surface area contributed by atoms with Gasteiger partial charge in [0.05, 0.1) is 12.1 Å². The van der Waals surface area contributed by atoms with Crippen molar-refractivity contribution < 1.29 is 18.0 Å². The summed E-state index contributed by atoms with van der Waals surface area (Å²) in [4.78, 5) is 12.0. The number of carbonyl (C=O) groups is 1. The summed E-state index contributed by atoms with van der Waals surface area (Å²) in [6, 6.07) is 1.95. The van der Waals surface area contributed by atoms with Gasteiger partial charge in [0.1, 0.15) is 0 Å². The molecule has 0 spiro atoms. The maximum atomic E-state index is 13.5. The molecule has 4 nitrogen and oxygen atoms in total. The molecule has 1 aromatic heterocycles. The molecule has 23 heavy (non-hydrogen) atoms. The molecule has 0 aliphatic carbocycles. The lowest BCUT2D eigenvalue weighted by atomic mass is 10.1. The first-order valence-electron chi connectivity index (χ1n) is 7.41. The Labute approximate surface area is 132 Å². The second-order valence-corrected chi connectivity index (χ2v) is 5.12. The van der Waals surface area contributed by atoms with E-state index in [1.807, 2.05) is 13.8 Å². The Kier molecular flexibility index (Phi) is 5.41. The molecule has 0 unspecified atom stereocenters. The highest BCUT2D eigenvalue weighted by atomic mass is 19.2. The number of H-pyrrole nitrogens is 1. The molecular weight excluding hydrogens is 307 g/mol. The summed E-state index contributed by atoms with van der Waals surface area (Å²) in [6.45, 7) is 3.68. The van der Waals surface area contributed by atoms with E-state index < -0.39 is 17.5 Å². The van der Waals surface area contributed by atoms with Crippen LogP contribution in [0.2, 0.25) is 0 Å². The van der Waals surface area contributed by atoms with Gasteiger partial charge < -0.3 is 5.32 Å². The average molecular weight is 325 g/mol. The monoisotopic (exact) mass is 325 g/mol. The lowest BCUT2D eigenvalue weighted by Crippen LogP contribution is -2.26. The Morgan fingerprint density at radius 1 is 1.17 bits per heavy atom. The predicted molar refractivity (Wildman–Crippen MR) is 79.2 cm³/mol. The fourth-order valence-electron chi connectivity index (χ4n) is 2.36. The molecule has 124 valence electrons. The van der Waals surface area contributed by atoms with Crippen LogP contribution in [-0.4, -0.2) is 16.1 Å². The molecule has 0 saturated carbocycles. The van der Waals surface area contributed by atoms with E-state index in [1.54, 1.807) is 0 Å². The summed E-state index contributed by atoms with van der Waals surface area (Å²) >= 11 is 0. The number of benzene rings is 1. The third-order valence-corrected chi connectivity index (χ3v) is 3.66. The molecule has 2 N–H and O–H groups in total. The minimum atomic E-state index is -1.53. The number of rotatable bonds is 6. The van der Waals surface area contributed by atoms with Gasteiger partial charge >= 0.3 is 0 Å². The van der Waals surface area contributed by atoms with E-state index >= 15 is 0 Å². The molecule has 0 aliphatic heterocycles. The van der Waals surface area contributed by atoms with E-state index in [0.717, 1.165) is 29.1 Å². The van der Waals surface area contributed by atoms with Gasteiger partial charge in [-0.05, 0) is 18.9 Å². The van der Waals surface area contributed by atoms with Gasteiger partial charge in [-0.25, -0.2) is 13.2 Å². The van der Waals surface area contributed by atoms with Crippen LogP contribution in [0.5, 0.6) is 0 Å². The minimum Gasteiger partial charge on any atom is -0.352 e. The van der Waals surface area contributed by atoms with Crippen molar-refractivity contribution in [2.24, 2.45) is 0 Å². The number of hydrogen-bond donors (Lipinski definition) is 2. The highest BCUT2D eigenvalue weighted by molar-refractivity contribution is 5.79. The molecule has 7 heteroatoms. The molecule has 0 radical (unpaired) electrons. The Bertz CT molecular complexity index is 691. The SMILES string of the molecule is CCc1n[nH]c(CC)c1CC(=O)NCc1ccc(F)c(F)c1F. The van der Waals surface area contributed by atoms with E-state index in [4.69, 9.17) is 0 Å². The van der Waals surface area contributed by atoms with E-state index in [0.29, 0.717) is 12.8 Å². The zero-order valence-electron chi connectivity index (χ0n) is 13.0. The highest BCUT2D eigenvalue weighted by Gasteiger charge is 2.16. The minimum absolute atomic E-state index is 0.101. The maximum Gasteiger partial charge on any atom is 0.224 e. The number of amides is 1. The van der Waals surface area contributed by atoms with Crippen molar-refractivity contribution in [1.29, 1.82) is 0 Å². The van der Waals surface area contributed by atoms with Crippen LogP contribution in [0.3, 0.4) is 0 Å². The second kappa shape index (κ2) is 7.30. The molecule has 0 fully saturated rings. The van der Waals surface area contributed by atoms with Gasteiger partial charge in [-0.15, -0.1) is 0 Å². The van der Waals surface area contributed by atoms with Crippen LogP contribution >= 0.6 is 0 Å². The smallest absolute Gasteiger partial charge is 0.224 e. The Balaban J connectivity index is 2.04. The molecule has 2 rings (SSSR count). The fourth-order valence-corrected chi connectivity index (χ4v) is 2.36. The topological polar surface area (TPSA) is 57.8 Å². The maximum absolute atomic E-state index is 13.5. The van der Waals surface area contributed by atoms with Crippen LogP contribution in [0.4, 0.5) is 13.2 Å². The van der Waals surface area contributed by atoms with Gasteiger partial charge in [-0.1, -0.05) is 19.9 Å². The molecular formula is C16H18F3N3O. The molecule has 0 bridgehead atoms. The Morgan fingerprint density at radius 3 is 2.57 bits per heavy atom. The van der Waals surface area contributed by atoms with Crippen LogP contribution in [0.15, 0.2) is 12.1 Å². The van der Waals surface area contributed by atoms with Crippen molar-refractivity contribution in [1.82, 2.24) is 15.5 Å². The van der Waals surface area contributed by atoms with E-state index in [2.05, 4.69) is 15.5 Å². The first-order chi connectivity index (χ1) is 11.0. The number of aryl methyl sites for hydroxylation is 2. The molecule has 0 saturated heterocycles. The largest absolute Gasteiger partial charge is 0.352 e. The van der Waals surface area contributed by atoms with Crippen LogP contribution < -0.4 is 5.32 Å². The van der Waals surface area contributed by atoms with Crippen LogP contribution in [0.25, 0.3) is 0 Å². The summed E-state index contributed by atoms with van der Waals surface area (Å²) in [6.07, 6.45) is 1.51. The summed E-state index contributed by atoms with van der Waals surface area (Å²) < 4.78 is 39.6. The zero-order valence-corrected chi connectivity index (χ0v) is 13.0. The van der Waals surface area contributed by atoms with Crippen molar-refractivity contribution in [3.63, 3.8) is 0 Å². The summed E-state index contributed by atoms with van der Waals surface area (Å²) in [7, 11) is 0. The van der Waals surface area contributed by atoms with E-state index in [9.17, 15) is 18.0 Å². The average Bonchev–Trinajstić information content (AvgIpc) is 2.93. The van der Waals surface area contributed by atoms with Gasteiger partial charge in [0.15, 0.2) is 17.5 Å². The van der Waals surface area contributed by atoms with Crippen molar-refractivity contribution in [2.45, 2.75) is 39.7 Å². The molecule has 1 amide bonds. The van der Waals surface area contributed by atoms with Crippen LogP contribution in [0.1, 0.15) is 36.4 Å². The van der Waals surface area contributed by atoms with E-state index in [1.165, 1.54) is 0 Å². The molecule has 2 aromatic rings. The first kappa shape index (κ1) is 17.1. The normalized spacial score (nSPS) is 10.8. The third-order valence-electron chi connectivity index (χ3n) is 3.66. The van der Waals surface area contributed by atoms with Crippen molar-refractivity contribution >= 4 is 5.91 Å². The fraction of sp³-hybridized carbons (Fsp3) is 0.375. The van der Waals surface area contributed by atoms with Crippen molar-refractivity contribution in [3.8, 4) is 0 Å². The van der Waals surface area contributed by atoms with Gasteiger partial charge in [0, 0.05) is 23.4 Å². The van der Waals surface area contributed by atoms with Gasteiger partial charge in [-0.2, -0.15) is 5.10 Å². The number of halogens is 3.